The molecule has 2 rings (SSSR count). The Hall–Kier alpha value is -2.56. The first-order valence-electron chi connectivity index (χ1n) is 5.63. The molecule has 0 amide bonds. The zero-order valence-corrected chi connectivity index (χ0v) is 10.6. The number of rotatable bonds is 4. The van der Waals surface area contributed by atoms with Crippen LogP contribution in [-0.4, -0.2) is 23.2 Å². The standard InChI is InChI=1S/C14H13NO4/c1-9-4-3-5-13(15-9)19-12-8-10(18-2)6-7-11(12)14(16)17/h3-8H,1-2H3,(H,16,17). The van der Waals surface area contributed by atoms with Crippen LogP contribution in [0.5, 0.6) is 17.4 Å². The maximum atomic E-state index is 11.1. The first-order chi connectivity index (χ1) is 9.10. The number of aromatic nitrogens is 1. The van der Waals surface area contributed by atoms with E-state index in [-0.39, 0.29) is 11.3 Å². The highest BCUT2D eigenvalue weighted by Gasteiger charge is 2.13. The molecule has 0 radical (unpaired) electrons. The molecule has 0 bridgehead atoms. The normalized spacial score (nSPS) is 10.0. The average Bonchev–Trinajstić information content (AvgIpc) is 2.38. The van der Waals surface area contributed by atoms with E-state index in [1.54, 1.807) is 18.2 Å². The molecule has 0 aliphatic carbocycles. The van der Waals surface area contributed by atoms with Gasteiger partial charge >= 0.3 is 5.97 Å². The number of pyridine rings is 1. The minimum Gasteiger partial charge on any atom is -0.497 e. The minimum atomic E-state index is -1.06. The number of carboxylic acids is 1. The Morgan fingerprint density at radius 2 is 2.05 bits per heavy atom. The summed E-state index contributed by atoms with van der Waals surface area (Å²) in [5, 5.41) is 9.12. The molecular weight excluding hydrogens is 246 g/mol. The summed E-state index contributed by atoms with van der Waals surface area (Å²) in [6.45, 7) is 1.83. The van der Waals surface area contributed by atoms with Crippen LogP contribution in [0.3, 0.4) is 0 Å². The lowest BCUT2D eigenvalue weighted by molar-refractivity contribution is 0.0694. The van der Waals surface area contributed by atoms with E-state index in [2.05, 4.69) is 4.98 Å². The summed E-state index contributed by atoms with van der Waals surface area (Å²) in [4.78, 5) is 15.3. The van der Waals surface area contributed by atoms with E-state index in [0.29, 0.717) is 11.6 Å². The highest BCUT2D eigenvalue weighted by molar-refractivity contribution is 5.91. The van der Waals surface area contributed by atoms with Crippen LogP contribution in [0.4, 0.5) is 0 Å². The number of methoxy groups -OCH3 is 1. The molecule has 0 aliphatic rings. The molecule has 0 saturated carbocycles. The van der Waals surface area contributed by atoms with E-state index < -0.39 is 5.97 Å². The molecule has 5 heteroatoms. The zero-order valence-electron chi connectivity index (χ0n) is 10.6. The number of carbonyl (C=O) groups is 1. The van der Waals surface area contributed by atoms with Crippen molar-refractivity contribution in [2.75, 3.05) is 7.11 Å². The van der Waals surface area contributed by atoms with Gasteiger partial charge < -0.3 is 14.6 Å². The molecule has 1 aromatic carbocycles. The summed E-state index contributed by atoms with van der Waals surface area (Å²) in [7, 11) is 1.50. The minimum absolute atomic E-state index is 0.0594. The Kier molecular flexibility index (Phi) is 3.66. The number of aryl methyl sites for hydroxylation is 1. The second-order valence-corrected chi connectivity index (χ2v) is 3.89. The lowest BCUT2D eigenvalue weighted by atomic mass is 10.2. The van der Waals surface area contributed by atoms with Gasteiger partial charge in [-0.1, -0.05) is 6.07 Å². The molecular formula is C14H13NO4. The molecule has 0 fully saturated rings. The van der Waals surface area contributed by atoms with Gasteiger partial charge in [-0.15, -0.1) is 0 Å². The Morgan fingerprint density at radius 3 is 2.68 bits per heavy atom. The smallest absolute Gasteiger partial charge is 0.339 e. The van der Waals surface area contributed by atoms with Crippen molar-refractivity contribution in [2.45, 2.75) is 6.92 Å². The van der Waals surface area contributed by atoms with Crippen molar-refractivity contribution in [2.24, 2.45) is 0 Å². The number of benzene rings is 1. The first-order valence-corrected chi connectivity index (χ1v) is 5.63. The van der Waals surface area contributed by atoms with Gasteiger partial charge in [-0.2, -0.15) is 0 Å². The van der Waals surface area contributed by atoms with E-state index >= 15 is 0 Å². The summed E-state index contributed by atoms with van der Waals surface area (Å²) in [5.74, 6) is -0.00124. The molecule has 0 saturated heterocycles. The second-order valence-electron chi connectivity index (χ2n) is 3.89. The fraction of sp³-hybridized carbons (Fsp3) is 0.143. The Labute approximate surface area is 110 Å². The van der Waals surface area contributed by atoms with E-state index in [1.807, 2.05) is 13.0 Å². The van der Waals surface area contributed by atoms with E-state index in [4.69, 9.17) is 14.6 Å². The van der Waals surface area contributed by atoms with Crippen molar-refractivity contribution in [1.29, 1.82) is 0 Å². The fourth-order valence-electron chi connectivity index (χ4n) is 1.58. The topological polar surface area (TPSA) is 68.7 Å². The van der Waals surface area contributed by atoms with Crippen LogP contribution in [0.25, 0.3) is 0 Å². The Bertz CT molecular complexity index is 610. The SMILES string of the molecule is COc1ccc(C(=O)O)c(Oc2cccc(C)n2)c1. The average molecular weight is 259 g/mol. The lowest BCUT2D eigenvalue weighted by Crippen LogP contribution is -2.01. The lowest BCUT2D eigenvalue weighted by Gasteiger charge is -2.10. The molecule has 19 heavy (non-hydrogen) atoms. The van der Waals surface area contributed by atoms with Crippen molar-refractivity contribution in [3.05, 3.63) is 47.7 Å². The van der Waals surface area contributed by atoms with E-state index in [9.17, 15) is 4.79 Å². The van der Waals surface area contributed by atoms with Crippen molar-refractivity contribution in [1.82, 2.24) is 4.98 Å². The number of hydrogen-bond donors (Lipinski definition) is 1. The summed E-state index contributed by atoms with van der Waals surface area (Å²) in [5.41, 5.74) is 0.848. The van der Waals surface area contributed by atoms with Crippen LogP contribution in [0.2, 0.25) is 0 Å². The first kappa shape index (κ1) is 12.9. The van der Waals surface area contributed by atoms with Crippen molar-refractivity contribution >= 4 is 5.97 Å². The molecule has 2 aromatic rings. The highest BCUT2D eigenvalue weighted by atomic mass is 16.5. The molecule has 0 atom stereocenters. The molecule has 0 spiro atoms. The molecule has 98 valence electrons. The van der Waals surface area contributed by atoms with Crippen LogP contribution in [-0.2, 0) is 0 Å². The van der Waals surface area contributed by atoms with Crippen LogP contribution >= 0.6 is 0 Å². The van der Waals surface area contributed by atoms with Gasteiger partial charge in [-0.3, -0.25) is 0 Å². The van der Waals surface area contributed by atoms with Crippen LogP contribution < -0.4 is 9.47 Å². The van der Waals surface area contributed by atoms with Crippen LogP contribution in [0.15, 0.2) is 36.4 Å². The van der Waals surface area contributed by atoms with Crippen molar-refractivity contribution in [3.8, 4) is 17.4 Å². The largest absolute Gasteiger partial charge is 0.497 e. The monoisotopic (exact) mass is 259 g/mol. The third-order valence-electron chi connectivity index (χ3n) is 2.50. The molecule has 1 heterocycles. The molecule has 0 aliphatic heterocycles. The zero-order chi connectivity index (χ0) is 13.8. The van der Waals surface area contributed by atoms with Crippen LogP contribution in [0.1, 0.15) is 16.1 Å². The maximum absolute atomic E-state index is 11.1. The van der Waals surface area contributed by atoms with E-state index in [1.165, 1.54) is 19.2 Å². The van der Waals surface area contributed by atoms with Crippen molar-refractivity contribution < 1.29 is 19.4 Å². The van der Waals surface area contributed by atoms with Gasteiger partial charge in [0, 0.05) is 17.8 Å². The highest BCUT2D eigenvalue weighted by Crippen LogP contribution is 2.28. The number of aromatic carboxylic acids is 1. The van der Waals surface area contributed by atoms with Crippen LogP contribution in [0, 0.1) is 6.92 Å². The number of carboxylic acid groups (broad SMARTS) is 1. The number of ether oxygens (including phenoxy) is 2. The summed E-state index contributed by atoms with van der Waals surface area (Å²) < 4.78 is 10.6. The quantitative estimate of drug-likeness (QED) is 0.914. The molecule has 1 aromatic heterocycles. The second kappa shape index (κ2) is 5.39. The van der Waals surface area contributed by atoms with Gasteiger partial charge in [-0.05, 0) is 25.1 Å². The molecule has 5 nitrogen and oxygen atoms in total. The molecule has 0 unspecified atom stereocenters. The van der Waals surface area contributed by atoms with Crippen molar-refractivity contribution in [3.63, 3.8) is 0 Å². The van der Waals surface area contributed by atoms with Gasteiger partial charge in [0.15, 0.2) is 0 Å². The number of hydrogen-bond acceptors (Lipinski definition) is 4. The Balaban J connectivity index is 2.39. The fourth-order valence-corrected chi connectivity index (χ4v) is 1.58. The summed E-state index contributed by atoms with van der Waals surface area (Å²) in [6.07, 6.45) is 0. The van der Waals surface area contributed by atoms with Gasteiger partial charge in [0.25, 0.3) is 0 Å². The van der Waals surface area contributed by atoms with Gasteiger partial charge in [0.2, 0.25) is 5.88 Å². The summed E-state index contributed by atoms with van der Waals surface area (Å²) in [6, 6.07) is 9.81. The van der Waals surface area contributed by atoms with Gasteiger partial charge in [0.05, 0.1) is 7.11 Å². The predicted octanol–water partition coefficient (Wildman–Crippen LogP) is 2.89. The Morgan fingerprint density at radius 1 is 1.26 bits per heavy atom. The number of nitrogens with zero attached hydrogens (tertiary/aromatic N) is 1. The third kappa shape index (κ3) is 3.01. The predicted molar refractivity (Wildman–Crippen MR) is 69.0 cm³/mol. The van der Waals surface area contributed by atoms with Gasteiger partial charge in [0.1, 0.15) is 17.1 Å². The summed E-state index contributed by atoms with van der Waals surface area (Å²) >= 11 is 0. The van der Waals surface area contributed by atoms with Gasteiger partial charge in [-0.25, -0.2) is 9.78 Å². The molecule has 1 N–H and O–H groups in total. The third-order valence-corrected chi connectivity index (χ3v) is 2.50. The maximum Gasteiger partial charge on any atom is 0.339 e. The van der Waals surface area contributed by atoms with E-state index in [0.717, 1.165) is 5.69 Å².